The predicted octanol–water partition coefficient (Wildman–Crippen LogP) is 3.93. The molecule has 4 unspecified atom stereocenters. The van der Waals surface area contributed by atoms with Crippen LogP contribution < -0.4 is 0 Å². The summed E-state index contributed by atoms with van der Waals surface area (Å²) in [4.78, 5) is 40.0. The Bertz CT molecular complexity index is 1020. The molecule has 0 radical (unpaired) electrons. The van der Waals surface area contributed by atoms with Crippen molar-refractivity contribution in [3.63, 3.8) is 0 Å². The van der Waals surface area contributed by atoms with Crippen molar-refractivity contribution in [1.82, 2.24) is 4.90 Å². The summed E-state index contributed by atoms with van der Waals surface area (Å²) >= 11 is 0. The van der Waals surface area contributed by atoms with E-state index < -0.39 is 48.0 Å². The Morgan fingerprint density at radius 2 is 1.98 bits per heavy atom. The van der Waals surface area contributed by atoms with Gasteiger partial charge in [0.2, 0.25) is 0 Å². The maximum atomic E-state index is 13.8. The number of aliphatic hydroxyl groups is 1. The van der Waals surface area contributed by atoms with Gasteiger partial charge in [0.25, 0.3) is 0 Å². The molecular formula is C31H47NO8. The maximum absolute atomic E-state index is 13.8. The van der Waals surface area contributed by atoms with Crippen LogP contribution in [-0.2, 0) is 28.5 Å². The maximum Gasteiger partial charge on any atom is 0.508 e. The number of fused-ring (bicyclic) bond motifs is 5. The van der Waals surface area contributed by atoms with E-state index in [1.165, 1.54) is 0 Å². The van der Waals surface area contributed by atoms with Crippen molar-refractivity contribution in [2.24, 2.45) is 34.5 Å². The van der Waals surface area contributed by atoms with E-state index in [1.807, 2.05) is 25.1 Å². The minimum atomic E-state index is -0.866. The number of allylic oxidation sites excluding steroid dienone is 4. The van der Waals surface area contributed by atoms with Gasteiger partial charge in [-0.05, 0) is 75.6 Å². The number of Topliss-reactive ketones (excluding diaryl/α,β-unsaturated/α-hetero) is 1. The quantitative estimate of drug-likeness (QED) is 0.296. The average Bonchev–Trinajstić information content (AvgIpc) is 3.18. The molecule has 0 aliphatic heterocycles. The van der Waals surface area contributed by atoms with E-state index in [4.69, 9.17) is 18.9 Å². The van der Waals surface area contributed by atoms with Crippen LogP contribution in [0.15, 0.2) is 23.8 Å². The molecule has 0 spiro atoms. The number of likely N-dealkylation sites (N-methyl/N-ethyl adjacent to an activating group) is 1. The van der Waals surface area contributed by atoms with Gasteiger partial charge in [0.1, 0.15) is 6.61 Å². The Morgan fingerprint density at radius 3 is 2.65 bits per heavy atom. The molecule has 0 amide bonds. The van der Waals surface area contributed by atoms with Crippen molar-refractivity contribution in [2.45, 2.75) is 77.8 Å². The van der Waals surface area contributed by atoms with Crippen LogP contribution >= 0.6 is 0 Å². The highest BCUT2D eigenvalue weighted by molar-refractivity contribution is 6.01. The van der Waals surface area contributed by atoms with Gasteiger partial charge in [-0.1, -0.05) is 38.8 Å². The smallest absolute Gasteiger partial charge is 0.433 e. The number of carbonyl (C=O) groups is 3. The second-order valence-electron chi connectivity index (χ2n) is 12.8. The van der Waals surface area contributed by atoms with Gasteiger partial charge in [0.15, 0.2) is 24.5 Å². The lowest BCUT2D eigenvalue weighted by Gasteiger charge is -2.58. The normalized spacial score (nSPS) is 37.3. The number of hydrogen-bond acceptors (Lipinski definition) is 9. The third-order valence-electron chi connectivity index (χ3n) is 10.1. The first-order chi connectivity index (χ1) is 18.9. The van der Waals surface area contributed by atoms with E-state index in [0.29, 0.717) is 25.8 Å². The predicted molar refractivity (Wildman–Crippen MR) is 148 cm³/mol. The van der Waals surface area contributed by atoms with Crippen LogP contribution in [0.3, 0.4) is 0 Å². The summed E-state index contributed by atoms with van der Waals surface area (Å²) in [6, 6.07) is 0. The second kappa shape index (κ2) is 12.4. The van der Waals surface area contributed by atoms with Gasteiger partial charge in [0, 0.05) is 25.0 Å². The molecule has 3 saturated carbocycles. The molecule has 0 aromatic carbocycles. The van der Waals surface area contributed by atoms with Crippen LogP contribution in [-0.4, -0.2) is 87.2 Å². The van der Waals surface area contributed by atoms with E-state index in [9.17, 15) is 19.5 Å². The van der Waals surface area contributed by atoms with Gasteiger partial charge >= 0.3 is 6.16 Å². The lowest BCUT2D eigenvalue weighted by atomic mass is 9.46. The number of aliphatic hydroxyl groups excluding tert-OH is 1. The van der Waals surface area contributed by atoms with Gasteiger partial charge in [-0.25, -0.2) is 4.79 Å². The Hall–Kier alpha value is -2.07. The third-order valence-corrected chi connectivity index (χ3v) is 10.1. The summed E-state index contributed by atoms with van der Waals surface area (Å²) in [5.74, 6) is -0.561. The summed E-state index contributed by atoms with van der Waals surface area (Å²) in [6.07, 6.45) is 7.25. The number of nitrogens with zero attached hydrogens (tertiary/aromatic N) is 1. The van der Waals surface area contributed by atoms with E-state index in [-0.39, 0.29) is 35.9 Å². The van der Waals surface area contributed by atoms with Crippen molar-refractivity contribution < 1.29 is 38.4 Å². The van der Waals surface area contributed by atoms with Crippen LogP contribution in [0.25, 0.3) is 0 Å². The molecule has 0 saturated heterocycles. The number of rotatable bonds is 11. The fraction of sp³-hybridized carbons (Fsp3) is 0.774. The van der Waals surface area contributed by atoms with Crippen LogP contribution in [0.4, 0.5) is 4.79 Å². The van der Waals surface area contributed by atoms with E-state index >= 15 is 0 Å². The van der Waals surface area contributed by atoms with Gasteiger partial charge in [0.05, 0.1) is 18.1 Å². The fourth-order valence-electron chi connectivity index (χ4n) is 8.27. The largest absolute Gasteiger partial charge is 0.508 e. The molecule has 9 heteroatoms. The van der Waals surface area contributed by atoms with Crippen LogP contribution in [0.1, 0.15) is 59.3 Å². The highest BCUT2D eigenvalue weighted by Gasteiger charge is 2.65. The first-order valence-corrected chi connectivity index (χ1v) is 14.7. The summed E-state index contributed by atoms with van der Waals surface area (Å²) in [7, 11) is 5.36. The summed E-state index contributed by atoms with van der Waals surface area (Å²) in [5.41, 5.74) is 0.148. The average molecular weight is 562 g/mol. The molecule has 0 aromatic heterocycles. The topological polar surface area (TPSA) is 112 Å². The van der Waals surface area contributed by atoms with Crippen LogP contribution in [0.5, 0.6) is 0 Å². The Labute approximate surface area is 238 Å². The molecule has 4 rings (SSSR count). The van der Waals surface area contributed by atoms with Gasteiger partial charge < -0.3 is 29.0 Å². The molecule has 224 valence electrons. The Kier molecular flexibility index (Phi) is 9.60. The molecule has 9 atom stereocenters. The minimum absolute atomic E-state index is 0.00262. The van der Waals surface area contributed by atoms with E-state index in [0.717, 1.165) is 24.8 Å². The standard InChI is InChI=1S/C31H47NO8/c1-7-8-26(37-6)40-25-16-22-21-10-9-19-15-20(33)11-12-30(19,2)27(21)23(34)17-31(22,3)28(25)24(35)18-39-29(36)38-14-13-32(4)5/h11-12,15,21-23,25-28,34H,7-10,13-14,16-18H2,1-6H3/t21?,22?,23-,25+,26?,27?,28-,30-,31-/m0/s1. The zero-order valence-electron chi connectivity index (χ0n) is 24.9. The fourth-order valence-corrected chi connectivity index (χ4v) is 8.27. The van der Waals surface area contributed by atoms with Crippen molar-refractivity contribution in [3.8, 4) is 0 Å². The minimum Gasteiger partial charge on any atom is -0.433 e. The lowest BCUT2D eigenvalue weighted by molar-refractivity contribution is -0.177. The number of hydrogen-bond donors (Lipinski definition) is 1. The molecule has 40 heavy (non-hydrogen) atoms. The first-order valence-electron chi connectivity index (χ1n) is 14.7. The summed E-state index contributed by atoms with van der Waals surface area (Å²) in [5, 5.41) is 11.7. The zero-order valence-corrected chi connectivity index (χ0v) is 24.9. The Balaban J connectivity index is 1.58. The molecule has 0 bridgehead atoms. The third kappa shape index (κ3) is 5.94. The molecule has 9 nitrogen and oxygen atoms in total. The van der Waals surface area contributed by atoms with E-state index in [1.54, 1.807) is 19.3 Å². The SMILES string of the molecule is CCCC(OC)O[C@@H]1CC2C3CCC4=CC(=O)C=C[C@]4(C)C3[C@@H](O)C[C@]2(C)[C@H]1C(=O)COC(=O)OCCN(C)C. The highest BCUT2D eigenvalue weighted by atomic mass is 16.7. The lowest BCUT2D eigenvalue weighted by Crippen LogP contribution is -2.56. The molecule has 4 aliphatic carbocycles. The second-order valence-corrected chi connectivity index (χ2v) is 12.8. The Morgan fingerprint density at radius 1 is 1.23 bits per heavy atom. The van der Waals surface area contributed by atoms with Crippen molar-refractivity contribution in [2.75, 3.05) is 41.0 Å². The zero-order chi connectivity index (χ0) is 29.2. The van der Waals surface area contributed by atoms with E-state index in [2.05, 4.69) is 20.8 Å². The van der Waals surface area contributed by atoms with Crippen LogP contribution in [0.2, 0.25) is 0 Å². The van der Waals surface area contributed by atoms with Gasteiger partial charge in [-0.3, -0.25) is 9.59 Å². The van der Waals surface area contributed by atoms with Crippen molar-refractivity contribution in [3.05, 3.63) is 23.8 Å². The van der Waals surface area contributed by atoms with Gasteiger partial charge in [-0.2, -0.15) is 0 Å². The monoisotopic (exact) mass is 561 g/mol. The molecule has 0 aromatic rings. The first kappa shape index (κ1) is 30.9. The number of carbonyl (C=O) groups excluding carboxylic acids is 3. The molecule has 3 fully saturated rings. The molecule has 1 N–H and O–H groups in total. The summed E-state index contributed by atoms with van der Waals surface area (Å²) < 4.78 is 22.5. The number of ether oxygens (including phenoxy) is 4. The molecule has 4 aliphatic rings. The highest BCUT2D eigenvalue weighted by Crippen LogP contribution is 2.66. The van der Waals surface area contributed by atoms with Crippen LogP contribution in [0, 0.1) is 34.5 Å². The summed E-state index contributed by atoms with van der Waals surface area (Å²) in [6.45, 7) is 6.60. The number of methoxy groups -OCH3 is 1. The molecule has 0 heterocycles. The molecular weight excluding hydrogens is 514 g/mol. The van der Waals surface area contributed by atoms with Gasteiger partial charge in [-0.15, -0.1) is 0 Å². The van der Waals surface area contributed by atoms with Crippen molar-refractivity contribution >= 4 is 17.7 Å². The number of ketones is 2. The van der Waals surface area contributed by atoms with Crippen molar-refractivity contribution in [1.29, 1.82) is 0 Å².